The quantitative estimate of drug-likeness (QED) is 0.0128. The van der Waals surface area contributed by atoms with Crippen LogP contribution < -0.4 is 52.1 Å². The molecule has 0 saturated carbocycles. The Bertz CT molecular complexity index is 7690. The number of nitro benzene ring substituents is 3. The molecule has 0 unspecified atom stereocenters. The summed E-state index contributed by atoms with van der Waals surface area (Å²) in [5, 5.41) is 70.7. The van der Waals surface area contributed by atoms with Gasteiger partial charge in [0, 0.05) is 108 Å². The van der Waals surface area contributed by atoms with Crippen molar-refractivity contribution in [3.8, 4) is 0 Å². The molecule has 0 saturated heterocycles. The molecule has 5 aromatic heterocycles. The molecule has 682 valence electrons. The van der Waals surface area contributed by atoms with Crippen LogP contribution in [0, 0.1) is 109 Å². The summed E-state index contributed by atoms with van der Waals surface area (Å²) in [7, 11) is -15.3. The summed E-state index contributed by atoms with van der Waals surface area (Å²) >= 11 is 6.66. The Balaban J connectivity index is 0.000000175. The number of anilines is 3. The van der Waals surface area contributed by atoms with E-state index in [0.29, 0.717) is 83.6 Å². The zero-order valence-corrected chi connectivity index (χ0v) is 81.0. The molecule has 17 rings (SSSR count). The maximum absolute atomic E-state index is 12.9. The molecule has 8 N–H and O–H groups in total. The molecule has 0 fully saturated rings. The summed E-state index contributed by atoms with van der Waals surface area (Å²) in [6, 6.07) is 57.4. The molecule has 6 heterocycles. The molecular formula is C88H81Br2FN19NaO18S4. The number of nitrogens with one attached hydrogen (secondary N) is 2. The van der Waals surface area contributed by atoms with Crippen LogP contribution in [0.25, 0.3) is 54.5 Å². The van der Waals surface area contributed by atoms with Crippen molar-refractivity contribution in [2.45, 2.75) is 108 Å². The first-order valence-electron chi connectivity index (χ1n) is 39.0. The number of nitro groups is 3. The number of fused-ring (bicyclic) bond motifs is 5. The van der Waals surface area contributed by atoms with E-state index < -0.39 is 54.9 Å². The molecule has 0 bridgehead atoms. The smallest absolute Gasteiger partial charge is 0.444 e. The van der Waals surface area contributed by atoms with Gasteiger partial charge in [0.25, 0.3) is 57.2 Å². The number of allylic oxidation sites excluding steroid dienone is 1. The van der Waals surface area contributed by atoms with Crippen molar-refractivity contribution in [1.29, 1.82) is 0 Å². The standard InChI is InChI=1S/C16H12BrN3O3S.C15H14BrN3O2S.C15H13N3O4S.C15H15N3O2S.C11H10FNO.C8H7N3O2.C8H10N2O2.HNO2.Na/c1-10-3-5-12(6-4-10)24(22,23)20-16-8-15(18-9-21)14(17)7-13(16)11(2)19-20;1-9-3-5-11(6-4-9)22(20,21)19-15-8-14(17)13(16)7-12(15)10(2)18-19;1-10-3-6-13(7-4-10)23(21,22)17-15-9-12(18(19)20)5-8-14(15)11(2)16-17;1-10-3-6-13(7-4-10)21(19,20)18-15-9-12(16)5-8-14(15)11(2)17-18;12-9-3-1-8(2-4-9)11-7-10(14)5-6-13-11;1-5-7-3-2-6(11(12)13)4-8(7)10-9-5;1-2-6-3-4-7(10(11)12)5-8(6)9;2-1-3;/h3-8H,1-2H3;3-8H,17H2,1-2H3;3-9H,1-2H3;3-9H,16H2,1-2H3;1-6,11,13H,7H2;2-4H,1H3,(H,9,10);3-5H,2,9H2,1H3;(H,2,3);/q;;;;;;;;+1/p-1/t;;;;11-;;;;/m....0..../s1. The molecule has 1 aliphatic heterocycles. The van der Waals surface area contributed by atoms with Crippen LogP contribution in [0.4, 0.5) is 44.2 Å². The van der Waals surface area contributed by atoms with Crippen LogP contribution in [0.2, 0.25) is 0 Å². The number of benzene rings is 11. The van der Waals surface area contributed by atoms with Crippen LogP contribution in [0.3, 0.4) is 0 Å². The van der Waals surface area contributed by atoms with Crippen molar-refractivity contribution >= 4 is 178 Å². The Morgan fingerprint density at radius 1 is 0.481 bits per heavy atom. The van der Waals surface area contributed by atoms with E-state index in [1.54, 1.807) is 167 Å². The number of nitrogens with two attached hydrogens (primary N) is 3. The minimum absolute atomic E-state index is 0. The number of carbonyl (C=O) groups is 1. The second-order valence-electron chi connectivity index (χ2n) is 29.3. The summed E-state index contributed by atoms with van der Waals surface area (Å²) in [4.78, 5) is 64.1. The van der Waals surface area contributed by atoms with E-state index in [0.717, 1.165) is 87.8 Å². The maximum atomic E-state index is 12.9. The molecule has 133 heavy (non-hydrogen) atoms. The molecule has 1 atom stereocenters. The zero-order chi connectivity index (χ0) is 96.8. The fourth-order valence-electron chi connectivity index (χ4n) is 13.0. The van der Waals surface area contributed by atoms with Crippen LogP contribution in [0.15, 0.2) is 270 Å². The topological polar surface area (TPSA) is 555 Å². The summed E-state index contributed by atoms with van der Waals surface area (Å²) < 4.78 is 120. The number of non-ortho nitro benzene ring substituents is 3. The first kappa shape index (κ1) is 103. The number of nitrogens with zero attached hydrogens (tertiary/aromatic N) is 14. The van der Waals surface area contributed by atoms with E-state index in [1.807, 2.05) is 41.5 Å². The van der Waals surface area contributed by atoms with Gasteiger partial charge in [-0.05, 0) is 233 Å². The number of aryl methyl sites for hydroxylation is 10. The van der Waals surface area contributed by atoms with Crippen molar-refractivity contribution in [3.05, 3.63) is 348 Å². The monoisotopic (exact) mass is 2020 g/mol. The van der Waals surface area contributed by atoms with Crippen molar-refractivity contribution < 1.29 is 92.0 Å². The van der Waals surface area contributed by atoms with Crippen molar-refractivity contribution in [1.82, 2.24) is 52.3 Å². The number of H-pyrrole nitrogens is 1. The SMILES string of the molecule is CCc1ccc([N+](=O)[O-])cc1N.Cc1[nH]nc2cc([N+](=O)[O-])ccc12.Cc1ccc(S(=O)(=O)n2nc(C)c3cc(Br)c(N)cc32)cc1.Cc1ccc(S(=O)(=O)n2nc(C)c3cc(Br)c(N=C=O)cc32)cc1.Cc1ccc(S(=O)(=O)n2nc(C)c3ccc(N)cc32)cc1.Cc1ccc(S(=O)(=O)n2nc(C)c3ccc([N+](=O)[O-])cc32)cc1.O=C1C=CN[C@H](c2ccc(F)cc2)C1.O=N[O-].[Na+]. The van der Waals surface area contributed by atoms with Crippen LogP contribution in [-0.4, -0.2) is 107 Å². The number of isocyanates is 1. The minimum atomic E-state index is -3.92. The number of aromatic amines is 1. The molecule has 1 aliphatic rings. The normalized spacial score (nSPS) is 12.1. The van der Waals surface area contributed by atoms with Gasteiger partial charge in [0.15, 0.2) is 5.78 Å². The summed E-state index contributed by atoms with van der Waals surface area (Å²) in [6.07, 6.45) is 5.84. The van der Waals surface area contributed by atoms with E-state index in [2.05, 4.69) is 72.8 Å². The van der Waals surface area contributed by atoms with Gasteiger partial charge in [0.2, 0.25) is 6.08 Å². The molecular weight excluding hydrogens is 1940 g/mol. The van der Waals surface area contributed by atoms with Crippen LogP contribution >= 0.6 is 31.9 Å². The number of halogens is 3. The van der Waals surface area contributed by atoms with E-state index in [4.69, 9.17) is 27.3 Å². The molecule has 45 heteroatoms. The third-order valence-electron chi connectivity index (χ3n) is 20.0. The number of aliphatic imine (C=N–C) groups is 1. The summed E-state index contributed by atoms with van der Waals surface area (Å²) in [6.45, 7) is 18.3. The first-order valence-corrected chi connectivity index (χ1v) is 46.4. The van der Waals surface area contributed by atoms with E-state index >= 15 is 0 Å². The third kappa shape index (κ3) is 24.2. The van der Waals surface area contributed by atoms with E-state index in [9.17, 15) is 78.0 Å². The molecule has 0 radical (unpaired) electrons. The number of rotatable bonds is 14. The molecule has 16 aromatic rings. The van der Waals surface area contributed by atoms with Gasteiger partial charge < -0.3 is 32.6 Å². The summed E-state index contributed by atoms with van der Waals surface area (Å²) in [5.74, 6) is -0.162. The fraction of sp³-hybridized carbons (Fsp3) is 0.148. The zero-order valence-electron chi connectivity index (χ0n) is 72.5. The Morgan fingerprint density at radius 3 is 1.26 bits per heavy atom. The fourth-order valence-corrected chi connectivity index (χ4v) is 19.0. The molecule has 11 aromatic carbocycles. The third-order valence-corrected chi connectivity index (χ3v) is 27.7. The Morgan fingerprint density at radius 2 is 0.850 bits per heavy atom. The van der Waals surface area contributed by atoms with Gasteiger partial charge in [-0.1, -0.05) is 95.9 Å². The first-order chi connectivity index (χ1) is 62.3. The van der Waals surface area contributed by atoms with Gasteiger partial charge in [-0.15, -0.1) is 5.34 Å². The van der Waals surface area contributed by atoms with E-state index in [-0.39, 0.29) is 95.0 Å². The predicted octanol–water partition coefficient (Wildman–Crippen LogP) is 14.8. The molecule has 0 aliphatic carbocycles. The Kier molecular flexibility index (Phi) is 33.9. The average Bonchev–Trinajstić information content (AvgIpc) is 1.61. The van der Waals surface area contributed by atoms with Gasteiger partial charge in [0.1, 0.15) is 5.82 Å². The molecule has 0 spiro atoms. The van der Waals surface area contributed by atoms with Crippen LogP contribution in [0.1, 0.15) is 81.2 Å². The van der Waals surface area contributed by atoms with Crippen LogP contribution in [0.5, 0.6) is 0 Å². The Hall–Kier alpha value is -14.0. The molecule has 37 nitrogen and oxygen atoms in total. The number of nitrogen functional groups attached to an aromatic ring is 3. The van der Waals surface area contributed by atoms with Gasteiger partial charge in [-0.25, -0.2) is 9.18 Å². The van der Waals surface area contributed by atoms with E-state index in [1.165, 1.54) is 97.1 Å². The number of aromatic nitrogens is 10. The van der Waals surface area contributed by atoms with Crippen LogP contribution in [-0.2, 0) is 56.1 Å². The number of hydrogen-bond donors (Lipinski definition) is 5. The predicted molar refractivity (Wildman–Crippen MR) is 506 cm³/mol. The molecule has 0 amide bonds. The number of ketones is 1. The largest absolute Gasteiger partial charge is 1.00 e. The maximum Gasteiger partial charge on any atom is 1.00 e. The van der Waals surface area contributed by atoms with Crippen molar-refractivity contribution in [2.75, 3.05) is 17.2 Å². The average molecular weight is 2020 g/mol. The van der Waals surface area contributed by atoms with Gasteiger partial charge in [-0.2, -0.15) is 80.5 Å². The van der Waals surface area contributed by atoms with Gasteiger partial charge in [0.05, 0.1) is 96.4 Å². The number of carbonyl (C=O) groups excluding carboxylic acids is 2. The van der Waals surface area contributed by atoms with Gasteiger partial charge in [-0.3, -0.25) is 40.2 Å². The van der Waals surface area contributed by atoms with Crippen molar-refractivity contribution in [3.63, 3.8) is 0 Å². The Labute approximate surface area is 798 Å². The number of hydrogen-bond acceptors (Lipinski definition) is 29. The summed E-state index contributed by atoms with van der Waals surface area (Å²) in [5.41, 5.74) is 30.1. The van der Waals surface area contributed by atoms with Gasteiger partial charge >= 0.3 is 29.6 Å². The second-order valence-corrected chi connectivity index (χ2v) is 38.1. The van der Waals surface area contributed by atoms with Crippen molar-refractivity contribution in [2.24, 2.45) is 10.3 Å². The minimum Gasteiger partial charge on any atom is -0.444 e. The second kappa shape index (κ2) is 43.9.